The molecule has 1 fully saturated rings. The molecule has 1 N–H and O–H groups in total. The third-order valence-electron chi connectivity index (χ3n) is 6.20. The van der Waals surface area contributed by atoms with Crippen molar-refractivity contribution in [2.45, 2.75) is 38.0 Å². The summed E-state index contributed by atoms with van der Waals surface area (Å²) in [6, 6.07) is 19.5. The van der Waals surface area contributed by atoms with Gasteiger partial charge in [-0.05, 0) is 50.8 Å². The minimum absolute atomic E-state index is 0.00670. The van der Waals surface area contributed by atoms with E-state index < -0.39 is 10.0 Å². The molecular weight excluding hydrogens is 436 g/mol. The molecule has 0 atom stereocenters. The predicted molar refractivity (Wildman–Crippen MR) is 128 cm³/mol. The van der Waals surface area contributed by atoms with Crippen molar-refractivity contribution in [1.82, 2.24) is 19.4 Å². The van der Waals surface area contributed by atoms with Crippen LogP contribution in [0.3, 0.4) is 0 Å². The van der Waals surface area contributed by atoms with Gasteiger partial charge >= 0.3 is 0 Å². The number of piperidine rings is 1. The highest BCUT2D eigenvalue weighted by Gasteiger charge is 2.35. The van der Waals surface area contributed by atoms with Gasteiger partial charge in [-0.25, -0.2) is 13.1 Å². The maximum atomic E-state index is 13.5. The highest BCUT2D eigenvalue weighted by Crippen LogP contribution is 2.29. The summed E-state index contributed by atoms with van der Waals surface area (Å²) in [6.07, 6.45) is 1.81. The fourth-order valence-corrected chi connectivity index (χ4v) is 6.25. The number of aryl methyl sites for hydroxylation is 1. The summed E-state index contributed by atoms with van der Waals surface area (Å²) in [6.45, 7) is 4.75. The Morgan fingerprint density at radius 2 is 1.61 bits per heavy atom. The van der Waals surface area contributed by atoms with Gasteiger partial charge in [0.1, 0.15) is 4.90 Å². The third kappa shape index (κ3) is 5.02. The Balaban J connectivity index is 1.38. The van der Waals surface area contributed by atoms with Crippen molar-refractivity contribution in [3.05, 3.63) is 77.6 Å². The molecular formula is C25H30N4O3S. The van der Waals surface area contributed by atoms with Gasteiger partial charge < -0.3 is 5.32 Å². The van der Waals surface area contributed by atoms with E-state index in [1.165, 1.54) is 9.87 Å². The van der Waals surface area contributed by atoms with Gasteiger partial charge in [0.05, 0.1) is 17.1 Å². The first-order valence-corrected chi connectivity index (χ1v) is 12.8. The van der Waals surface area contributed by atoms with Crippen LogP contribution in [0, 0.1) is 19.8 Å². The Morgan fingerprint density at radius 1 is 1.00 bits per heavy atom. The van der Waals surface area contributed by atoms with Crippen molar-refractivity contribution >= 4 is 15.9 Å². The minimum Gasteiger partial charge on any atom is -0.356 e. The number of amides is 1. The topological polar surface area (TPSA) is 84.3 Å². The van der Waals surface area contributed by atoms with Gasteiger partial charge in [-0.2, -0.15) is 9.40 Å². The Labute approximate surface area is 195 Å². The van der Waals surface area contributed by atoms with Crippen LogP contribution in [0.4, 0.5) is 0 Å². The van der Waals surface area contributed by atoms with Crippen LogP contribution in [0.25, 0.3) is 5.69 Å². The van der Waals surface area contributed by atoms with E-state index in [1.54, 1.807) is 18.5 Å². The molecule has 174 valence electrons. The lowest BCUT2D eigenvalue weighted by molar-refractivity contribution is -0.126. The summed E-state index contributed by atoms with van der Waals surface area (Å²) in [5, 5.41) is 7.50. The number of rotatable bonds is 7. The van der Waals surface area contributed by atoms with E-state index in [0.717, 1.165) is 12.1 Å². The first-order chi connectivity index (χ1) is 15.9. The second kappa shape index (κ2) is 9.89. The van der Waals surface area contributed by atoms with E-state index in [0.29, 0.717) is 43.9 Å². The maximum Gasteiger partial charge on any atom is 0.246 e. The van der Waals surface area contributed by atoms with Gasteiger partial charge in [0.15, 0.2) is 0 Å². The van der Waals surface area contributed by atoms with Crippen LogP contribution >= 0.6 is 0 Å². The van der Waals surface area contributed by atoms with Gasteiger partial charge in [0.25, 0.3) is 0 Å². The summed E-state index contributed by atoms with van der Waals surface area (Å²) in [5.74, 6) is -0.159. The van der Waals surface area contributed by atoms with Crippen LogP contribution in [-0.2, 0) is 21.2 Å². The van der Waals surface area contributed by atoms with Crippen molar-refractivity contribution in [3.8, 4) is 5.69 Å². The van der Waals surface area contributed by atoms with Gasteiger partial charge in [-0.3, -0.25) is 4.79 Å². The Bertz CT molecular complexity index is 1200. The van der Waals surface area contributed by atoms with Crippen LogP contribution in [-0.4, -0.2) is 48.0 Å². The van der Waals surface area contributed by atoms with Gasteiger partial charge in [0, 0.05) is 25.6 Å². The standard InChI is InChI=1S/C25H30N4O3S/c1-19-24(20(2)29(27-19)23-11-7-4-8-12-23)33(31,32)28-17-14-22(15-18-28)25(30)26-16-13-21-9-5-3-6-10-21/h3-12,22H,13-18H2,1-2H3,(H,26,30). The summed E-state index contributed by atoms with van der Waals surface area (Å²) >= 11 is 0. The number of hydrogen-bond donors (Lipinski definition) is 1. The van der Waals surface area contributed by atoms with Gasteiger partial charge in [0.2, 0.25) is 15.9 Å². The number of carbonyl (C=O) groups excluding carboxylic acids is 1. The SMILES string of the molecule is Cc1nn(-c2ccccc2)c(C)c1S(=O)(=O)N1CCC(C(=O)NCCc2ccccc2)CC1. The maximum absolute atomic E-state index is 13.5. The number of sulfonamides is 1. The van der Waals surface area contributed by atoms with Crippen molar-refractivity contribution in [2.75, 3.05) is 19.6 Å². The summed E-state index contributed by atoms with van der Waals surface area (Å²) in [4.78, 5) is 12.9. The molecule has 1 saturated heterocycles. The summed E-state index contributed by atoms with van der Waals surface area (Å²) in [7, 11) is -3.69. The fraction of sp³-hybridized carbons (Fsp3) is 0.360. The molecule has 0 spiro atoms. The first-order valence-electron chi connectivity index (χ1n) is 11.3. The monoisotopic (exact) mass is 466 g/mol. The second-order valence-electron chi connectivity index (χ2n) is 8.45. The van der Waals surface area contributed by atoms with E-state index in [1.807, 2.05) is 60.7 Å². The highest BCUT2D eigenvalue weighted by atomic mass is 32.2. The van der Waals surface area contributed by atoms with E-state index >= 15 is 0 Å². The second-order valence-corrected chi connectivity index (χ2v) is 10.3. The van der Waals surface area contributed by atoms with Crippen molar-refractivity contribution in [3.63, 3.8) is 0 Å². The molecule has 8 heteroatoms. The number of para-hydroxylation sites is 1. The molecule has 1 aliphatic heterocycles. The molecule has 7 nitrogen and oxygen atoms in total. The molecule has 1 amide bonds. The van der Waals surface area contributed by atoms with Crippen LogP contribution in [0.5, 0.6) is 0 Å². The lowest BCUT2D eigenvalue weighted by atomic mass is 9.97. The molecule has 0 radical (unpaired) electrons. The number of nitrogens with one attached hydrogen (secondary N) is 1. The van der Waals surface area contributed by atoms with Gasteiger partial charge in [-0.15, -0.1) is 0 Å². The first kappa shape index (κ1) is 23.2. The molecule has 0 bridgehead atoms. The Hall–Kier alpha value is -2.97. The highest BCUT2D eigenvalue weighted by molar-refractivity contribution is 7.89. The zero-order chi connectivity index (χ0) is 23.4. The number of aromatic nitrogens is 2. The van der Waals surface area contributed by atoms with E-state index in [2.05, 4.69) is 10.4 Å². The molecule has 1 aromatic heterocycles. The third-order valence-corrected chi connectivity index (χ3v) is 8.36. The predicted octanol–water partition coefficient (Wildman–Crippen LogP) is 3.25. The van der Waals surface area contributed by atoms with Crippen molar-refractivity contribution in [2.24, 2.45) is 5.92 Å². The zero-order valence-corrected chi connectivity index (χ0v) is 19.9. The molecule has 1 aliphatic rings. The normalized spacial score (nSPS) is 15.5. The molecule has 0 unspecified atom stereocenters. The molecule has 2 aromatic carbocycles. The minimum atomic E-state index is -3.69. The van der Waals surface area contributed by atoms with Crippen LogP contribution in [0.1, 0.15) is 29.8 Å². The molecule has 0 aliphatic carbocycles. The van der Waals surface area contributed by atoms with E-state index in [9.17, 15) is 13.2 Å². The Morgan fingerprint density at radius 3 is 2.24 bits per heavy atom. The molecule has 4 rings (SSSR count). The summed E-state index contributed by atoms with van der Waals surface area (Å²) in [5.41, 5.74) is 3.09. The number of hydrogen-bond acceptors (Lipinski definition) is 4. The largest absolute Gasteiger partial charge is 0.356 e. The van der Waals surface area contributed by atoms with Crippen molar-refractivity contribution in [1.29, 1.82) is 0 Å². The average Bonchev–Trinajstić information content (AvgIpc) is 3.14. The summed E-state index contributed by atoms with van der Waals surface area (Å²) < 4.78 is 30.1. The Kier molecular flexibility index (Phi) is 6.95. The smallest absolute Gasteiger partial charge is 0.246 e. The molecule has 3 aromatic rings. The van der Waals surface area contributed by atoms with Gasteiger partial charge in [-0.1, -0.05) is 48.5 Å². The molecule has 33 heavy (non-hydrogen) atoms. The van der Waals surface area contributed by atoms with E-state index in [4.69, 9.17) is 0 Å². The zero-order valence-electron chi connectivity index (χ0n) is 19.1. The molecule has 0 saturated carbocycles. The molecule has 2 heterocycles. The lowest BCUT2D eigenvalue weighted by Gasteiger charge is -2.30. The van der Waals surface area contributed by atoms with Crippen LogP contribution < -0.4 is 5.32 Å². The van der Waals surface area contributed by atoms with Crippen molar-refractivity contribution < 1.29 is 13.2 Å². The average molecular weight is 467 g/mol. The lowest BCUT2D eigenvalue weighted by Crippen LogP contribution is -2.43. The number of nitrogens with zero attached hydrogens (tertiary/aromatic N) is 3. The van der Waals surface area contributed by atoms with Crippen LogP contribution in [0.15, 0.2) is 65.6 Å². The fourth-order valence-electron chi connectivity index (χ4n) is 4.43. The number of benzene rings is 2. The van der Waals surface area contributed by atoms with Crippen LogP contribution in [0.2, 0.25) is 0 Å². The van der Waals surface area contributed by atoms with E-state index in [-0.39, 0.29) is 16.7 Å². The number of carbonyl (C=O) groups is 1. The quantitative estimate of drug-likeness (QED) is 0.579.